The number of rotatable bonds is 8. The molecule has 0 saturated heterocycles. The van der Waals surface area contributed by atoms with Gasteiger partial charge >= 0.3 is 0 Å². The van der Waals surface area contributed by atoms with E-state index >= 15 is 0 Å². The molecule has 0 radical (unpaired) electrons. The van der Waals surface area contributed by atoms with Crippen molar-refractivity contribution in [3.05, 3.63) is 111 Å². The first-order valence-electron chi connectivity index (χ1n) is 11.4. The highest BCUT2D eigenvalue weighted by Crippen LogP contribution is 2.35. The average Bonchev–Trinajstić information content (AvgIpc) is 3.56. The number of para-hydroxylation sites is 1. The van der Waals surface area contributed by atoms with Crippen LogP contribution in [0.3, 0.4) is 0 Å². The molecule has 1 amide bonds. The van der Waals surface area contributed by atoms with Crippen molar-refractivity contribution in [2.75, 3.05) is 0 Å². The summed E-state index contributed by atoms with van der Waals surface area (Å²) in [5, 5.41) is 16.2. The van der Waals surface area contributed by atoms with Crippen molar-refractivity contribution < 1.29 is 4.79 Å². The SMILES string of the molecule is CC(NC(=O)c1csc(CSc2nnc(-c3ccccc3Cl)n2-c2ccccc2Cl)n1)c1ccccc1. The number of nitrogens with zero attached hydrogens (tertiary/aromatic N) is 4. The molecule has 5 aromatic rings. The topological polar surface area (TPSA) is 72.7 Å². The minimum absolute atomic E-state index is 0.120. The highest BCUT2D eigenvalue weighted by atomic mass is 35.5. The van der Waals surface area contributed by atoms with Crippen LogP contribution in [0.2, 0.25) is 10.0 Å². The summed E-state index contributed by atoms with van der Waals surface area (Å²) in [4.78, 5) is 17.3. The lowest BCUT2D eigenvalue weighted by Gasteiger charge is -2.13. The van der Waals surface area contributed by atoms with Gasteiger partial charge in [0, 0.05) is 10.9 Å². The number of thioether (sulfide) groups is 1. The summed E-state index contributed by atoms with van der Waals surface area (Å²) in [6.45, 7) is 1.95. The fraction of sp³-hybridized carbons (Fsp3) is 0.111. The van der Waals surface area contributed by atoms with Crippen molar-refractivity contribution in [2.24, 2.45) is 0 Å². The molecule has 3 aromatic carbocycles. The van der Waals surface area contributed by atoms with Crippen LogP contribution in [0.1, 0.15) is 34.0 Å². The Bertz CT molecular complexity index is 1540. The third kappa shape index (κ3) is 5.72. The van der Waals surface area contributed by atoms with Crippen molar-refractivity contribution in [3.63, 3.8) is 0 Å². The molecular weight excluding hydrogens is 545 g/mol. The van der Waals surface area contributed by atoms with Crippen LogP contribution in [-0.2, 0) is 5.75 Å². The van der Waals surface area contributed by atoms with E-state index in [1.807, 2.05) is 90.4 Å². The Morgan fingerprint density at radius 3 is 2.43 bits per heavy atom. The van der Waals surface area contributed by atoms with E-state index in [1.165, 1.54) is 23.1 Å². The maximum absolute atomic E-state index is 12.8. The Balaban J connectivity index is 1.36. The molecule has 0 bridgehead atoms. The summed E-state index contributed by atoms with van der Waals surface area (Å²) in [5.74, 6) is 0.900. The van der Waals surface area contributed by atoms with E-state index in [0.717, 1.165) is 21.8 Å². The van der Waals surface area contributed by atoms with Gasteiger partial charge in [-0.3, -0.25) is 9.36 Å². The maximum Gasteiger partial charge on any atom is 0.271 e. The Kier molecular flexibility index (Phi) is 7.90. The van der Waals surface area contributed by atoms with Gasteiger partial charge in [-0.25, -0.2) is 4.98 Å². The zero-order valence-corrected chi connectivity index (χ0v) is 22.8. The van der Waals surface area contributed by atoms with Crippen molar-refractivity contribution in [1.82, 2.24) is 25.1 Å². The molecule has 0 aliphatic heterocycles. The van der Waals surface area contributed by atoms with Crippen molar-refractivity contribution in [1.29, 1.82) is 0 Å². The first kappa shape index (κ1) is 25.5. The van der Waals surface area contributed by atoms with Gasteiger partial charge in [-0.15, -0.1) is 21.5 Å². The predicted octanol–water partition coefficient (Wildman–Crippen LogP) is 7.48. The second kappa shape index (κ2) is 11.5. The normalized spacial score (nSPS) is 11.9. The van der Waals surface area contributed by atoms with E-state index in [1.54, 1.807) is 5.38 Å². The molecule has 1 atom stereocenters. The van der Waals surface area contributed by atoms with Crippen molar-refractivity contribution in [3.8, 4) is 17.1 Å². The van der Waals surface area contributed by atoms with Crippen LogP contribution >= 0.6 is 46.3 Å². The minimum atomic E-state index is -0.205. The van der Waals surface area contributed by atoms with E-state index in [-0.39, 0.29) is 11.9 Å². The second-order valence-electron chi connectivity index (χ2n) is 8.09. The number of hydrogen-bond acceptors (Lipinski definition) is 6. The number of aromatic nitrogens is 4. The van der Waals surface area contributed by atoms with Crippen molar-refractivity contribution >= 4 is 52.2 Å². The fourth-order valence-corrected chi connectivity index (χ4v) is 5.91. The number of carbonyl (C=O) groups excluding carboxylic acids is 1. The molecule has 0 aliphatic rings. The molecule has 10 heteroatoms. The molecule has 5 rings (SSSR count). The molecule has 1 N–H and O–H groups in total. The molecule has 37 heavy (non-hydrogen) atoms. The quantitative estimate of drug-likeness (QED) is 0.197. The zero-order chi connectivity index (χ0) is 25.8. The minimum Gasteiger partial charge on any atom is -0.344 e. The van der Waals surface area contributed by atoms with Gasteiger partial charge in [-0.05, 0) is 36.8 Å². The van der Waals surface area contributed by atoms with Gasteiger partial charge in [-0.2, -0.15) is 0 Å². The first-order valence-corrected chi connectivity index (χ1v) is 14.0. The van der Waals surface area contributed by atoms with E-state index in [4.69, 9.17) is 23.2 Å². The summed E-state index contributed by atoms with van der Waals surface area (Å²) in [5.41, 5.74) is 2.94. The molecule has 0 fully saturated rings. The van der Waals surface area contributed by atoms with Crippen LogP contribution in [-0.4, -0.2) is 25.7 Å². The second-order valence-corrected chi connectivity index (χ2v) is 10.8. The fourth-order valence-electron chi connectivity index (χ4n) is 3.73. The lowest BCUT2D eigenvalue weighted by molar-refractivity contribution is 0.0935. The number of thiazole rings is 1. The molecular formula is C27H21Cl2N5OS2. The first-order chi connectivity index (χ1) is 18.0. The number of benzene rings is 3. The average molecular weight is 567 g/mol. The standard InChI is InChI=1S/C27H21Cl2N5OS2/c1-17(18-9-3-2-4-10-18)30-26(35)22-15-36-24(31-22)16-37-27-33-32-25(19-11-5-6-12-20(19)28)34(27)23-14-8-7-13-21(23)29/h2-15,17H,16H2,1H3,(H,30,35). The Morgan fingerprint density at radius 2 is 1.68 bits per heavy atom. The Hall–Kier alpha value is -3.17. The molecule has 0 aliphatic carbocycles. The summed E-state index contributed by atoms with van der Waals surface area (Å²) < 4.78 is 1.90. The summed E-state index contributed by atoms with van der Waals surface area (Å²) in [7, 11) is 0. The molecule has 1 unspecified atom stereocenters. The summed E-state index contributed by atoms with van der Waals surface area (Å²) in [6, 6.07) is 24.7. The Labute approximate surface area is 232 Å². The van der Waals surface area contributed by atoms with Crippen molar-refractivity contribution in [2.45, 2.75) is 23.9 Å². The van der Waals surface area contributed by atoms with Gasteiger partial charge < -0.3 is 5.32 Å². The number of halogens is 2. The van der Waals surface area contributed by atoms with Gasteiger partial charge in [0.2, 0.25) is 0 Å². The van der Waals surface area contributed by atoms with E-state index in [0.29, 0.717) is 32.5 Å². The van der Waals surface area contributed by atoms with Gasteiger partial charge in [0.1, 0.15) is 10.7 Å². The van der Waals surface area contributed by atoms with E-state index < -0.39 is 0 Å². The number of carbonyl (C=O) groups is 1. The molecule has 2 heterocycles. The lowest BCUT2D eigenvalue weighted by Crippen LogP contribution is -2.26. The summed E-state index contributed by atoms with van der Waals surface area (Å²) in [6.07, 6.45) is 0. The smallest absolute Gasteiger partial charge is 0.271 e. The van der Waals surface area contributed by atoms with Crippen LogP contribution in [0.5, 0.6) is 0 Å². The van der Waals surface area contributed by atoms with Gasteiger partial charge in [0.05, 0.1) is 27.5 Å². The van der Waals surface area contributed by atoms with E-state index in [2.05, 4.69) is 20.5 Å². The maximum atomic E-state index is 12.8. The Morgan fingerprint density at radius 1 is 0.973 bits per heavy atom. The molecule has 186 valence electrons. The highest BCUT2D eigenvalue weighted by molar-refractivity contribution is 7.98. The monoisotopic (exact) mass is 565 g/mol. The number of nitrogens with one attached hydrogen (secondary N) is 1. The predicted molar refractivity (Wildman–Crippen MR) is 151 cm³/mol. The third-order valence-corrected chi connectivity index (χ3v) is 8.22. The molecule has 2 aromatic heterocycles. The van der Waals surface area contributed by atoms with Crippen LogP contribution < -0.4 is 5.32 Å². The van der Waals surface area contributed by atoms with Gasteiger partial charge in [0.15, 0.2) is 11.0 Å². The van der Waals surface area contributed by atoms with Crippen LogP contribution in [0.25, 0.3) is 17.1 Å². The number of amides is 1. The van der Waals surface area contributed by atoms with Gasteiger partial charge in [-0.1, -0.05) is 89.6 Å². The molecule has 0 spiro atoms. The van der Waals surface area contributed by atoms with Crippen LogP contribution in [0.15, 0.2) is 89.4 Å². The molecule has 6 nitrogen and oxygen atoms in total. The zero-order valence-electron chi connectivity index (χ0n) is 19.6. The summed E-state index contributed by atoms with van der Waals surface area (Å²) >= 11 is 15.9. The van der Waals surface area contributed by atoms with E-state index in [9.17, 15) is 4.79 Å². The number of hydrogen-bond donors (Lipinski definition) is 1. The highest BCUT2D eigenvalue weighted by Gasteiger charge is 2.21. The third-order valence-electron chi connectivity index (χ3n) is 5.60. The van der Waals surface area contributed by atoms with Gasteiger partial charge in [0.25, 0.3) is 5.91 Å². The van der Waals surface area contributed by atoms with Crippen LogP contribution in [0, 0.1) is 0 Å². The van der Waals surface area contributed by atoms with Crippen LogP contribution in [0.4, 0.5) is 0 Å². The largest absolute Gasteiger partial charge is 0.344 e. The lowest BCUT2D eigenvalue weighted by atomic mass is 10.1. The molecule has 0 saturated carbocycles.